The van der Waals surface area contributed by atoms with E-state index in [1.807, 2.05) is 30.3 Å². The molecule has 0 bridgehead atoms. The van der Waals surface area contributed by atoms with Crippen molar-refractivity contribution in [3.63, 3.8) is 0 Å². The first-order valence-corrected chi connectivity index (χ1v) is 3.98. The van der Waals surface area contributed by atoms with E-state index >= 15 is 0 Å². The number of nitrogens with zero attached hydrogens (tertiary/aromatic N) is 1. The van der Waals surface area contributed by atoms with Gasteiger partial charge in [-0.3, -0.25) is 4.48 Å². The SMILES string of the molecule is C[N+](C)(C)C#Cc1ccccc1. The topological polar surface area (TPSA) is 0 Å². The second-order valence-electron chi connectivity index (χ2n) is 3.62. The molecule has 0 saturated heterocycles. The number of rotatable bonds is 0. The van der Waals surface area contributed by atoms with Crippen LogP contribution in [-0.4, -0.2) is 25.6 Å². The highest BCUT2D eigenvalue weighted by molar-refractivity contribution is 5.32. The van der Waals surface area contributed by atoms with Crippen LogP contribution in [0.25, 0.3) is 0 Å². The van der Waals surface area contributed by atoms with E-state index in [0.717, 1.165) is 5.56 Å². The van der Waals surface area contributed by atoms with Crippen molar-refractivity contribution >= 4 is 0 Å². The summed E-state index contributed by atoms with van der Waals surface area (Å²) in [7, 11) is 6.15. The summed E-state index contributed by atoms with van der Waals surface area (Å²) in [5.41, 5.74) is 1.07. The van der Waals surface area contributed by atoms with Crippen molar-refractivity contribution in [3.05, 3.63) is 35.9 Å². The summed E-state index contributed by atoms with van der Waals surface area (Å²) in [6, 6.07) is 13.2. The molecule has 1 heteroatoms. The molecule has 1 aromatic carbocycles. The average molecular weight is 160 g/mol. The molecule has 1 aromatic rings. The van der Waals surface area contributed by atoms with Crippen molar-refractivity contribution in [2.24, 2.45) is 0 Å². The molecular weight excluding hydrogens is 146 g/mol. The maximum Gasteiger partial charge on any atom is 0.142 e. The van der Waals surface area contributed by atoms with Crippen LogP contribution in [0.3, 0.4) is 0 Å². The van der Waals surface area contributed by atoms with Crippen molar-refractivity contribution in [1.82, 2.24) is 0 Å². The zero-order valence-corrected chi connectivity index (χ0v) is 7.83. The molecule has 1 rings (SSSR count). The zero-order chi connectivity index (χ0) is 9.03. The monoisotopic (exact) mass is 160 g/mol. The molecule has 0 radical (unpaired) electrons. The molecule has 1 nitrogen and oxygen atoms in total. The summed E-state index contributed by atoms with van der Waals surface area (Å²) in [5.74, 6) is 3.11. The summed E-state index contributed by atoms with van der Waals surface area (Å²) < 4.78 is 0.675. The highest BCUT2D eigenvalue weighted by atomic mass is 15.3. The lowest BCUT2D eigenvalue weighted by Gasteiger charge is -2.12. The first-order valence-electron chi connectivity index (χ1n) is 3.98. The normalized spacial score (nSPS) is 10.2. The minimum Gasteiger partial charge on any atom is -0.253 e. The lowest BCUT2D eigenvalue weighted by molar-refractivity contribution is -0.800. The number of hydrogen-bond donors (Lipinski definition) is 0. The van der Waals surface area contributed by atoms with Crippen LogP contribution in [-0.2, 0) is 0 Å². The smallest absolute Gasteiger partial charge is 0.142 e. The Labute approximate surface area is 74.2 Å². The van der Waals surface area contributed by atoms with Gasteiger partial charge in [0.2, 0.25) is 0 Å². The molecule has 0 amide bonds. The standard InChI is InChI=1S/C11H14N/c1-12(2,3)10-9-11-7-5-4-6-8-11/h4-8H,1-3H3/q+1. The molecule has 0 fully saturated rings. The third kappa shape index (κ3) is 3.23. The maximum atomic E-state index is 3.13. The predicted molar refractivity (Wildman–Crippen MR) is 51.4 cm³/mol. The minimum atomic E-state index is 0.675. The molecule has 0 N–H and O–H groups in total. The second-order valence-corrected chi connectivity index (χ2v) is 3.62. The van der Waals surface area contributed by atoms with Gasteiger partial charge < -0.3 is 0 Å². The zero-order valence-electron chi connectivity index (χ0n) is 7.83. The van der Waals surface area contributed by atoms with Gasteiger partial charge in [0.1, 0.15) is 6.04 Å². The van der Waals surface area contributed by atoms with E-state index in [4.69, 9.17) is 0 Å². The van der Waals surface area contributed by atoms with Crippen LogP contribution in [0.5, 0.6) is 0 Å². The largest absolute Gasteiger partial charge is 0.253 e. The minimum absolute atomic E-state index is 0.675. The number of quaternary nitrogens is 1. The van der Waals surface area contributed by atoms with Crippen LogP contribution < -0.4 is 0 Å². The Morgan fingerprint density at radius 2 is 1.58 bits per heavy atom. The van der Waals surface area contributed by atoms with Crippen LogP contribution in [0.2, 0.25) is 0 Å². The Kier molecular flexibility index (Phi) is 2.52. The van der Waals surface area contributed by atoms with E-state index in [-0.39, 0.29) is 0 Å². The molecule has 0 aromatic heterocycles. The molecule has 0 aliphatic carbocycles. The van der Waals surface area contributed by atoms with Crippen LogP contribution in [0.4, 0.5) is 0 Å². The summed E-state index contributed by atoms with van der Waals surface area (Å²) in [5, 5.41) is 0. The van der Waals surface area contributed by atoms with Crippen LogP contribution >= 0.6 is 0 Å². The van der Waals surface area contributed by atoms with Crippen LogP contribution in [0, 0.1) is 12.0 Å². The fraction of sp³-hybridized carbons (Fsp3) is 0.273. The van der Waals surface area contributed by atoms with E-state index in [9.17, 15) is 0 Å². The summed E-state index contributed by atoms with van der Waals surface area (Å²) in [6.45, 7) is 0. The molecule has 62 valence electrons. The Bertz CT molecular complexity index is 295. The van der Waals surface area contributed by atoms with Crippen molar-refractivity contribution in [3.8, 4) is 12.0 Å². The number of hydrogen-bond acceptors (Lipinski definition) is 0. The molecular formula is C11H14N+. The fourth-order valence-electron chi connectivity index (χ4n) is 0.754. The first-order chi connectivity index (χ1) is 5.58. The van der Waals surface area contributed by atoms with Gasteiger partial charge in [-0.25, -0.2) is 0 Å². The van der Waals surface area contributed by atoms with Gasteiger partial charge >= 0.3 is 0 Å². The summed E-state index contributed by atoms with van der Waals surface area (Å²) in [6.07, 6.45) is 0. The third-order valence-corrected chi connectivity index (χ3v) is 1.31. The van der Waals surface area contributed by atoms with Crippen molar-refractivity contribution in [2.45, 2.75) is 0 Å². The second kappa shape index (κ2) is 3.42. The quantitative estimate of drug-likeness (QED) is 0.400. The Hall–Kier alpha value is -1.26. The molecule has 0 heterocycles. The molecule has 0 atom stereocenters. The van der Waals surface area contributed by atoms with E-state index in [1.54, 1.807) is 0 Å². The fourth-order valence-corrected chi connectivity index (χ4v) is 0.754. The maximum absolute atomic E-state index is 3.13. The van der Waals surface area contributed by atoms with Gasteiger partial charge in [0.05, 0.1) is 21.1 Å². The van der Waals surface area contributed by atoms with Gasteiger partial charge in [0.25, 0.3) is 0 Å². The summed E-state index contributed by atoms with van der Waals surface area (Å²) in [4.78, 5) is 0. The van der Waals surface area contributed by atoms with Gasteiger partial charge in [-0.1, -0.05) is 18.2 Å². The highest BCUT2D eigenvalue weighted by Crippen LogP contribution is 1.95. The van der Waals surface area contributed by atoms with Gasteiger partial charge in [0, 0.05) is 5.56 Å². The lowest BCUT2D eigenvalue weighted by Crippen LogP contribution is -2.27. The lowest BCUT2D eigenvalue weighted by atomic mass is 10.2. The van der Waals surface area contributed by atoms with Gasteiger partial charge in [0.15, 0.2) is 0 Å². The Morgan fingerprint density at radius 1 is 1.00 bits per heavy atom. The van der Waals surface area contributed by atoms with E-state index in [1.165, 1.54) is 0 Å². The van der Waals surface area contributed by atoms with E-state index in [0.29, 0.717) is 4.48 Å². The Morgan fingerprint density at radius 3 is 2.08 bits per heavy atom. The Balaban J connectivity index is 2.81. The van der Waals surface area contributed by atoms with E-state index < -0.39 is 0 Å². The van der Waals surface area contributed by atoms with Gasteiger partial charge in [-0.2, -0.15) is 0 Å². The molecule has 12 heavy (non-hydrogen) atoms. The number of benzene rings is 1. The molecule has 0 unspecified atom stereocenters. The van der Waals surface area contributed by atoms with Crippen LogP contribution in [0.15, 0.2) is 30.3 Å². The van der Waals surface area contributed by atoms with Gasteiger partial charge in [-0.15, -0.1) is 0 Å². The third-order valence-electron chi connectivity index (χ3n) is 1.31. The molecule has 0 aliphatic heterocycles. The van der Waals surface area contributed by atoms with Crippen molar-refractivity contribution in [2.75, 3.05) is 21.1 Å². The highest BCUT2D eigenvalue weighted by Gasteiger charge is 1.99. The first kappa shape index (κ1) is 8.83. The van der Waals surface area contributed by atoms with E-state index in [2.05, 4.69) is 33.1 Å². The molecule has 0 spiro atoms. The summed E-state index contributed by atoms with van der Waals surface area (Å²) >= 11 is 0. The van der Waals surface area contributed by atoms with Crippen molar-refractivity contribution < 1.29 is 4.48 Å². The molecule has 0 aliphatic rings. The molecule has 0 saturated carbocycles. The van der Waals surface area contributed by atoms with Gasteiger partial charge in [-0.05, 0) is 18.1 Å². The average Bonchev–Trinajstić information content (AvgIpc) is 2.02. The van der Waals surface area contributed by atoms with Crippen molar-refractivity contribution in [1.29, 1.82) is 0 Å². The van der Waals surface area contributed by atoms with Crippen LogP contribution in [0.1, 0.15) is 5.56 Å². The predicted octanol–water partition coefficient (Wildman–Crippen LogP) is 1.70.